The summed E-state index contributed by atoms with van der Waals surface area (Å²) in [5, 5.41) is 0. The number of rotatable bonds is 8. The zero-order valence-electron chi connectivity index (χ0n) is 18.4. The maximum Gasteiger partial charge on any atom is 0.242 e. The summed E-state index contributed by atoms with van der Waals surface area (Å²) in [6.45, 7) is 6.88. The zero-order valence-corrected chi connectivity index (χ0v) is 18.4. The van der Waals surface area contributed by atoms with Gasteiger partial charge in [0.25, 0.3) is 0 Å². The first kappa shape index (κ1) is 22.3. The molecule has 0 aromatic heterocycles. The van der Waals surface area contributed by atoms with Gasteiger partial charge in [-0.15, -0.1) is 0 Å². The monoisotopic (exact) mass is 413 g/mol. The van der Waals surface area contributed by atoms with Gasteiger partial charge in [0.1, 0.15) is 0 Å². The molecule has 1 atom stereocenters. The van der Waals surface area contributed by atoms with Crippen LogP contribution in [0.3, 0.4) is 0 Å². The molecule has 0 radical (unpaired) electrons. The van der Waals surface area contributed by atoms with Gasteiger partial charge >= 0.3 is 0 Å². The summed E-state index contributed by atoms with van der Waals surface area (Å²) in [7, 11) is 0. The second kappa shape index (κ2) is 10.1. The molecule has 1 aromatic rings. The van der Waals surface area contributed by atoms with E-state index in [1.54, 1.807) is 4.90 Å². The van der Waals surface area contributed by atoms with Gasteiger partial charge in [0, 0.05) is 44.6 Å². The average Bonchev–Trinajstić information content (AvgIpc) is 2.95. The van der Waals surface area contributed by atoms with E-state index in [4.69, 9.17) is 0 Å². The molecule has 30 heavy (non-hydrogen) atoms. The molecule has 6 heteroatoms. The topological polar surface area (TPSA) is 60.9 Å². The van der Waals surface area contributed by atoms with Crippen molar-refractivity contribution in [2.45, 2.75) is 70.9 Å². The molecule has 1 spiro atoms. The molecule has 1 unspecified atom stereocenters. The number of hydrogen-bond acceptors (Lipinski definition) is 3. The fourth-order valence-corrected chi connectivity index (χ4v) is 4.84. The van der Waals surface area contributed by atoms with Crippen LogP contribution in [-0.2, 0) is 20.9 Å². The van der Waals surface area contributed by atoms with Crippen LogP contribution in [0.4, 0.5) is 0 Å². The average molecular weight is 414 g/mol. The van der Waals surface area contributed by atoms with Gasteiger partial charge in [-0.1, -0.05) is 44.2 Å². The van der Waals surface area contributed by atoms with Gasteiger partial charge < -0.3 is 14.7 Å². The van der Waals surface area contributed by atoms with Crippen LogP contribution in [0.2, 0.25) is 0 Å². The van der Waals surface area contributed by atoms with E-state index in [1.807, 2.05) is 40.1 Å². The first-order chi connectivity index (χ1) is 14.5. The fourth-order valence-electron chi connectivity index (χ4n) is 4.84. The van der Waals surface area contributed by atoms with Crippen LogP contribution in [0.15, 0.2) is 30.3 Å². The van der Waals surface area contributed by atoms with Crippen molar-refractivity contribution in [3.8, 4) is 0 Å². The number of carbonyl (C=O) groups excluding carboxylic acids is 3. The Labute approximate surface area is 180 Å². The number of amides is 3. The lowest BCUT2D eigenvalue weighted by molar-refractivity contribution is -0.140. The van der Waals surface area contributed by atoms with Crippen molar-refractivity contribution >= 4 is 17.7 Å². The number of nitrogens with zero attached hydrogens (tertiary/aromatic N) is 3. The smallest absolute Gasteiger partial charge is 0.242 e. The Morgan fingerprint density at radius 2 is 1.60 bits per heavy atom. The van der Waals surface area contributed by atoms with Gasteiger partial charge in [-0.2, -0.15) is 0 Å². The summed E-state index contributed by atoms with van der Waals surface area (Å²) in [4.78, 5) is 43.9. The van der Waals surface area contributed by atoms with E-state index in [1.165, 1.54) is 0 Å². The van der Waals surface area contributed by atoms with E-state index in [2.05, 4.69) is 13.8 Å². The number of hydrogen-bond donors (Lipinski definition) is 0. The van der Waals surface area contributed by atoms with Gasteiger partial charge in [-0.05, 0) is 37.7 Å². The summed E-state index contributed by atoms with van der Waals surface area (Å²) >= 11 is 0. The summed E-state index contributed by atoms with van der Waals surface area (Å²) in [5.74, 6) is 0.242. The molecule has 0 aliphatic carbocycles. The molecule has 2 saturated heterocycles. The Morgan fingerprint density at radius 1 is 0.967 bits per heavy atom. The highest BCUT2D eigenvalue weighted by Crippen LogP contribution is 2.40. The molecule has 3 amide bonds. The fraction of sp³-hybridized carbons (Fsp3) is 0.625. The first-order valence-corrected chi connectivity index (χ1v) is 11.4. The summed E-state index contributed by atoms with van der Waals surface area (Å²) in [5.41, 5.74) is 0.844. The van der Waals surface area contributed by atoms with Crippen molar-refractivity contribution in [2.24, 2.45) is 0 Å². The van der Waals surface area contributed by atoms with E-state index >= 15 is 0 Å². The van der Waals surface area contributed by atoms with E-state index in [0.717, 1.165) is 44.3 Å². The Hall–Kier alpha value is -2.37. The van der Waals surface area contributed by atoms with Crippen LogP contribution in [0.1, 0.15) is 64.4 Å². The number of likely N-dealkylation sites (tertiary alicyclic amines) is 2. The highest BCUT2D eigenvalue weighted by molar-refractivity contribution is 5.85. The third kappa shape index (κ3) is 5.02. The standard InChI is InChI=1S/C24H35N3O3/c1-3-15-25(16-4-2)23(30)19-26-17-14-24(12-10-21(26)28)13-11-22(29)27(24)18-20-8-6-5-7-9-20/h5-9H,3-4,10-19H2,1-2H3. The van der Waals surface area contributed by atoms with Crippen molar-refractivity contribution in [3.63, 3.8) is 0 Å². The highest BCUT2D eigenvalue weighted by atomic mass is 16.2. The largest absolute Gasteiger partial charge is 0.341 e. The van der Waals surface area contributed by atoms with E-state index in [9.17, 15) is 14.4 Å². The molecule has 2 aliphatic rings. The molecule has 3 rings (SSSR count). The summed E-state index contributed by atoms with van der Waals surface area (Å²) in [6, 6.07) is 10.0. The second-order valence-corrected chi connectivity index (χ2v) is 8.64. The van der Waals surface area contributed by atoms with Crippen LogP contribution in [0.5, 0.6) is 0 Å². The molecule has 2 fully saturated rings. The molecule has 1 aromatic carbocycles. The normalized spacial score (nSPS) is 21.9. The van der Waals surface area contributed by atoms with Crippen molar-refractivity contribution < 1.29 is 14.4 Å². The molecule has 0 saturated carbocycles. The third-order valence-electron chi connectivity index (χ3n) is 6.53. The van der Waals surface area contributed by atoms with Gasteiger partial charge in [0.05, 0.1) is 6.54 Å². The minimum absolute atomic E-state index is 0.0339. The lowest BCUT2D eigenvalue weighted by Gasteiger charge is -2.38. The molecular weight excluding hydrogens is 378 g/mol. The Morgan fingerprint density at radius 3 is 2.23 bits per heavy atom. The predicted octanol–water partition coefficient (Wildman–Crippen LogP) is 3.21. The predicted molar refractivity (Wildman–Crippen MR) is 117 cm³/mol. The quantitative estimate of drug-likeness (QED) is 0.657. The van der Waals surface area contributed by atoms with Crippen molar-refractivity contribution in [2.75, 3.05) is 26.2 Å². The highest BCUT2D eigenvalue weighted by Gasteiger charge is 2.46. The zero-order chi connectivity index (χ0) is 21.6. The van der Waals surface area contributed by atoms with Crippen molar-refractivity contribution in [1.82, 2.24) is 14.7 Å². The minimum atomic E-state index is -0.271. The van der Waals surface area contributed by atoms with Gasteiger partial charge in [0.15, 0.2) is 0 Å². The molecule has 2 aliphatic heterocycles. The van der Waals surface area contributed by atoms with Gasteiger partial charge in [0.2, 0.25) is 17.7 Å². The molecule has 2 heterocycles. The van der Waals surface area contributed by atoms with Crippen LogP contribution in [-0.4, -0.2) is 64.1 Å². The first-order valence-electron chi connectivity index (χ1n) is 11.4. The molecule has 0 bridgehead atoms. The Balaban J connectivity index is 1.69. The molecule has 164 valence electrons. The Kier molecular flexibility index (Phi) is 7.51. The number of benzene rings is 1. The lowest BCUT2D eigenvalue weighted by Crippen LogP contribution is -2.46. The van der Waals surface area contributed by atoms with E-state index in [0.29, 0.717) is 32.4 Å². The van der Waals surface area contributed by atoms with E-state index in [-0.39, 0.29) is 29.8 Å². The van der Waals surface area contributed by atoms with Crippen molar-refractivity contribution in [3.05, 3.63) is 35.9 Å². The molecule has 6 nitrogen and oxygen atoms in total. The maximum atomic E-state index is 12.8. The van der Waals surface area contributed by atoms with Gasteiger partial charge in [-0.3, -0.25) is 14.4 Å². The maximum absolute atomic E-state index is 12.8. The van der Waals surface area contributed by atoms with Crippen molar-refractivity contribution in [1.29, 1.82) is 0 Å². The molecule has 0 N–H and O–H groups in total. The Bertz CT molecular complexity index is 745. The molecular formula is C24H35N3O3. The second-order valence-electron chi connectivity index (χ2n) is 8.64. The van der Waals surface area contributed by atoms with Crippen LogP contribution in [0.25, 0.3) is 0 Å². The van der Waals surface area contributed by atoms with E-state index < -0.39 is 0 Å². The third-order valence-corrected chi connectivity index (χ3v) is 6.53. The SMILES string of the molecule is CCCN(CCC)C(=O)CN1CCC2(CCC1=O)CCC(=O)N2Cc1ccccc1. The lowest BCUT2D eigenvalue weighted by atomic mass is 9.87. The summed E-state index contributed by atoms with van der Waals surface area (Å²) in [6.07, 6.45) is 4.99. The summed E-state index contributed by atoms with van der Waals surface area (Å²) < 4.78 is 0. The number of carbonyl (C=O) groups is 3. The van der Waals surface area contributed by atoms with Crippen LogP contribution < -0.4 is 0 Å². The van der Waals surface area contributed by atoms with Crippen LogP contribution in [0, 0.1) is 0 Å². The van der Waals surface area contributed by atoms with Gasteiger partial charge in [-0.25, -0.2) is 0 Å². The van der Waals surface area contributed by atoms with Crippen LogP contribution >= 0.6 is 0 Å². The minimum Gasteiger partial charge on any atom is -0.341 e.